The molecule has 32 heavy (non-hydrogen) atoms. The zero-order valence-electron chi connectivity index (χ0n) is 17.6. The van der Waals surface area contributed by atoms with E-state index in [1.54, 1.807) is 17.0 Å². The van der Waals surface area contributed by atoms with Gasteiger partial charge in [-0.3, -0.25) is 19.8 Å². The summed E-state index contributed by atoms with van der Waals surface area (Å²) in [5.74, 6) is 1.12. The minimum absolute atomic E-state index is 0.0412. The summed E-state index contributed by atoms with van der Waals surface area (Å²) in [6, 6.07) is 6.80. The quantitative estimate of drug-likeness (QED) is 0.276. The van der Waals surface area contributed by atoms with Crippen LogP contribution in [0.1, 0.15) is 11.3 Å². The number of anilines is 1. The molecule has 168 valence electrons. The molecule has 1 aromatic carbocycles. The molecular formula is C21H22N4O5S2. The standard InChI is InChI=1S/C21H22N4O5S2/c1-23(2)8-3-9-24(19(26)6-4-14-5-7-20(31-14)25(27)28)21-22-15-12-16-17(13-18(15)32-21)30-11-10-29-16/h4-7,12-13H,3,8-11H2,1-2H3/b6-4+. The minimum atomic E-state index is -0.439. The van der Waals surface area contributed by atoms with Crippen molar-refractivity contribution in [2.45, 2.75) is 6.42 Å². The molecule has 0 radical (unpaired) electrons. The van der Waals surface area contributed by atoms with Crippen LogP contribution in [0.15, 0.2) is 30.3 Å². The largest absolute Gasteiger partial charge is 0.486 e. The molecule has 2 aromatic heterocycles. The first kappa shape index (κ1) is 22.2. The molecule has 0 fully saturated rings. The Morgan fingerprint density at radius 3 is 2.62 bits per heavy atom. The van der Waals surface area contributed by atoms with Crippen molar-refractivity contribution in [3.8, 4) is 11.5 Å². The molecule has 0 N–H and O–H groups in total. The van der Waals surface area contributed by atoms with E-state index >= 15 is 0 Å². The first-order valence-corrected chi connectivity index (χ1v) is 11.6. The number of aromatic nitrogens is 1. The predicted molar refractivity (Wildman–Crippen MR) is 126 cm³/mol. The number of hydrogen-bond donors (Lipinski definition) is 0. The second-order valence-corrected chi connectivity index (χ2v) is 9.48. The lowest BCUT2D eigenvalue weighted by molar-refractivity contribution is -0.380. The van der Waals surface area contributed by atoms with E-state index in [-0.39, 0.29) is 10.9 Å². The van der Waals surface area contributed by atoms with Gasteiger partial charge in [-0.05, 0) is 39.2 Å². The van der Waals surface area contributed by atoms with Crippen LogP contribution >= 0.6 is 22.7 Å². The first-order chi connectivity index (χ1) is 15.4. The zero-order valence-corrected chi connectivity index (χ0v) is 19.3. The highest BCUT2D eigenvalue weighted by Crippen LogP contribution is 2.39. The number of carbonyl (C=O) groups excluding carboxylic acids is 1. The van der Waals surface area contributed by atoms with Crippen LogP contribution in [0.5, 0.6) is 11.5 Å². The predicted octanol–water partition coefficient (Wildman–Crippen LogP) is 4.04. The fourth-order valence-electron chi connectivity index (χ4n) is 3.19. The molecule has 3 heterocycles. The summed E-state index contributed by atoms with van der Waals surface area (Å²) >= 11 is 2.45. The van der Waals surface area contributed by atoms with E-state index < -0.39 is 4.92 Å². The number of fused-ring (bicyclic) bond motifs is 2. The first-order valence-electron chi connectivity index (χ1n) is 9.99. The number of nitro groups is 1. The number of hydrogen-bond acceptors (Lipinski definition) is 9. The number of thiophene rings is 1. The summed E-state index contributed by atoms with van der Waals surface area (Å²) in [7, 11) is 3.97. The summed E-state index contributed by atoms with van der Waals surface area (Å²) in [6.45, 7) is 2.32. The molecule has 0 aliphatic carbocycles. The van der Waals surface area contributed by atoms with Crippen LogP contribution in [-0.4, -0.2) is 61.1 Å². The second-order valence-electron chi connectivity index (χ2n) is 7.37. The fourth-order valence-corrected chi connectivity index (χ4v) is 4.92. The van der Waals surface area contributed by atoms with E-state index in [0.717, 1.165) is 34.5 Å². The van der Waals surface area contributed by atoms with Gasteiger partial charge < -0.3 is 14.4 Å². The van der Waals surface area contributed by atoms with E-state index in [1.165, 1.54) is 23.5 Å². The van der Waals surface area contributed by atoms with Crippen LogP contribution in [0, 0.1) is 10.1 Å². The smallest absolute Gasteiger partial charge is 0.324 e. The third kappa shape index (κ3) is 5.06. The monoisotopic (exact) mass is 474 g/mol. The van der Waals surface area contributed by atoms with Crippen molar-refractivity contribution in [3.05, 3.63) is 45.3 Å². The summed E-state index contributed by atoms with van der Waals surface area (Å²) < 4.78 is 12.2. The van der Waals surface area contributed by atoms with Gasteiger partial charge in [-0.2, -0.15) is 0 Å². The Kier molecular flexibility index (Phi) is 6.68. The van der Waals surface area contributed by atoms with Crippen molar-refractivity contribution in [2.75, 3.05) is 45.3 Å². The van der Waals surface area contributed by atoms with E-state index in [1.807, 2.05) is 26.2 Å². The highest BCUT2D eigenvalue weighted by atomic mass is 32.1. The van der Waals surface area contributed by atoms with E-state index in [9.17, 15) is 14.9 Å². The van der Waals surface area contributed by atoms with Crippen molar-refractivity contribution in [1.29, 1.82) is 0 Å². The molecule has 1 aliphatic rings. The Balaban J connectivity index is 1.59. The topological polar surface area (TPSA) is 98.0 Å². The zero-order chi connectivity index (χ0) is 22.7. The van der Waals surface area contributed by atoms with Gasteiger partial charge >= 0.3 is 5.00 Å². The fraction of sp³-hybridized carbons (Fsp3) is 0.333. The highest BCUT2D eigenvalue weighted by Gasteiger charge is 2.21. The lowest BCUT2D eigenvalue weighted by atomic mass is 10.3. The molecule has 9 nitrogen and oxygen atoms in total. The van der Waals surface area contributed by atoms with Crippen molar-refractivity contribution in [2.24, 2.45) is 0 Å². The number of benzene rings is 1. The summed E-state index contributed by atoms with van der Waals surface area (Å²) in [5, 5.41) is 11.5. The summed E-state index contributed by atoms with van der Waals surface area (Å²) in [4.78, 5) is 32.6. The molecule has 0 saturated heterocycles. The Morgan fingerprint density at radius 1 is 1.19 bits per heavy atom. The van der Waals surface area contributed by atoms with Gasteiger partial charge in [-0.15, -0.1) is 0 Å². The molecule has 0 bridgehead atoms. The average Bonchev–Trinajstić information content (AvgIpc) is 3.40. The number of thiazole rings is 1. The van der Waals surface area contributed by atoms with Gasteiger partial charge in [-0.25, -0.2) is 4.98 Å². The van der Waals surface area contributed by atoms with Gasteiger partial charge in [0.05, 0.1) is 15.1 Å². The maximum absolute atomic E-state index is 13.1. The van der Waals surface area contributed by atoms with E-state index in [2.05, 4.69) is 9.88 Å². The maximum Gasteiger partial charge on any atom is 0.324 e. The van der Waals surface area contributed by atoms with Crippen LogP contribution in [0.3, 0.4) is 0 Å². The molecule has 0 spiro atoms. The third-order valence-electron chi connectivity index (χ3n) is 4.71. The average molecular weight is 475 g/mol. The van der Waals surface area contributed by atoms with Crippen molar-refractivity contribution < 1.29 is 19.2 Å². The maximum atomic E-state index is 13.1. The van der Waals surface area contributed by atoms with Crippen LogP contribution in [0.4, 0.5) is 10.1 Å². The van der Waals surface area contributed by atoms with Crippen molar-refractivity contribution in [3.63, 3.8) is 0 Å². The normalized spacial score (nSPS) is 13.2. The third-order valence-corrected chi connectivity index (χ3v) is 6.75. The molecular weight excluding hydrogens is 452 g/mol. The minimum Gasteiger partial charge on any atom is -0.486 e. The number of carbonyl (C=O) groups is 1. The van der Waals surface area contributed by atoms with E-state index in [4.69, 9.17) is 9.47 Å². The Hall–Kier alpha value is -3.02. The van der Waals surface area contributed by atoms with Gasteiger partial charge in [0, 0.05) is 35.7 Å². The van der Waals surface area contributed by atoms with Crippen LogP contribution in [0.25, 0.3) is 16.3 Å². The molecule has 1 amide bonds. The number of amides is 1. The summed E-state index contributed by atoms with van der Waals surface area (Å²) in [5.41, 5.74) is 0.748. The Bertz CT molecular complexity index is 1130. The van der Waals surface area contributed by atoms with Gasteiger partial charge in [0.1, 0.15) is 13.2 Å². The molecule has 0 unspecified atom stereocenters. The lowest BCUT2D eigenvalue weighted by Crippen LogP contribution is -2.32. The Labute approximate surface area is 192 Å². The van der Waals surface area contributed by atoms with Gasteiger partial charge in [0.15, 0.2) is 16.6 Å². The molecule has 0 atom stereocenters. The molecule has 3 aromatic rings. The molecule has 1 aliphatic heterocycles. The number of nitrogens with zero attached hydrogens (tertiary/aromatic N) is 4. The Morgan fingerprint density at radius 2 is 1.94 bits per heavy atom. The van der Waals surface area contributed by atoms with E-state index in [0.29, 0.717) is 41.3 Å². The van der Waals surface area contributed by atoms with Gasteiger partial charge in [-0.1, -0.05) is 22.7 Å². The number of ether oxygens (including phenoxy) is 2. The SMILES string of the molecule is CN(C)CCCN(C(=O)/C=C/c1ccc([N+](=O)[O-])s1)c1nc2cc3c(cc2s1)OCCO3. The molecule has 4 rings (SSSR count). The van der Waals surface area contributed by atoms with Gasteiger partial charge in [0.25, 0.3) is 5.91 Å². The van der Waals surface area contributed by atoms with Crippen LogP contribution < -0.4 is 14.4 Å². The molecule has 0 saturated carbocycles. The second kappa shape index (κ2) is 9.63. The molecule has 11 heteroatoms. The van der Waals surface area contributed by atoms with Crippen molar-refractivity contribution in [1.82, 2.24) is 9.88 Å². The van der Waals surface area contributed by atoms with Gasteiger partial charge in [0.2, 0.25) is 0 Å². The van der Waals surface area contributed by atoms with Crippen LogP contribution in [-0.2, 0) is 4.79 Å². The lowest BCUT2D eigenvalue weighted by Gasteiger charge is -2.19. The number of rotatable bonds is 8. The summed E-state index contributed by atoms with van der Waals surface area (Å²) in [6.07, 6.45) is 3.82. The van der Waals surface area contributed by atoms with Crippen LogP contribution in [0.2, 0.25) is 0 Å². The highest BCUT2D eigenvalue weighted by molar-refractivity contribution is 7.22. The van der Waals surface area contributed by atoms with Crippen molar-refractivity contribution >= 4 is 55.0 Å².